The number of nitrogens with zero attached hydrogens (tertiary/aromatic N) is 2. The monoisotopic (exact) mass is 321 g/mol. The van der Waals surface area contributed by atoms with Crippen LogP contribution in [0.25, 0.3) is 0 Å². The van der Waals surface area contributed by atoms with Gasteiger partial charge in [-0.25, -0.2) is 14.4 Å². The Bertz CT molecular complexity index is 673. The number of aryl methyl sites for hydroxylation is 1. The predicted molar refractivity (Wildman–Crippen MR) is 89.2 cm³/mol. The van der Waals surface area contributed by atoms with Crippen molar-refractivity contribution >= 4 is 17.4 Å². The summed E-state index contributed by atoms with van der Waals surface area (Å²) in [6.07, 6.45) is 1.67. The van der Waals surface area contributed by atoms with Crippen molar-refractivity contribution < 1.29 is 4.39 Å². The molecule has 3 nitrogen and oxygen atoms in total. The van der Waals surface area contributed by atoms with E-state index < -0.39 is 0 Å². The molecule has 118 valence electrons. The summed E-state index contributed by atoms with van der Waals surface area (Å²) in [7, 11) is 1.80. The third-order valence-corrected chi connectivity index (χ3v) is 3.96. The highest BCUT2D eigenvalue weighted by atomic mass is 35.5. The second-order valence-electron chi connectivity index (χ2n) is 5.07. The van der Waals surface area contributed by atoms with E-state index in [0.29, 0.717) is 5.56 Å². The molecule has 1 aromatic heterocycles. The maximum Gasteiger partial charge on any atom is 0.224 e. The lowest BCUT2D eigenvalue weighted by atomic mass is 9.95. The van der Waals surface area contributed by atoms with Crippen LogP contribution < -0.4 is 5.32 Å². The molecule has 0 radical (unpaired) electrons. The molecular weight excluding hydrogens is 301 g/mol. The zero-order valence-corrected chi connectivity index (χ0v) is 14.1. The van der Waals surface area contributed by atoms with Crippen LogP contribution in [0.1, 0.15) is 48.6 Å². The highest BCUT2D eigenvalue weighted by Crippen LogP contribution is 2.40. The molecule has 5 heteroatoms. The summed E-state index contributed by atoms with van der Waals surface area (Å²) >= 11 is 5.97. The first-order chi connectivity index (χ1) is 10.6. The first kappa shape index (κ1) is 16.7. The Labute approximate surface area is 136 Å². The van der Waals surface area contributed by atoms with Crippen molar-refractivity contribution in [3.05, 3.63) is 51.7 Å². The molecule has 0 spiro atoms. The zero-order chi connectivity index (χ0) is 16.3. The summed E-state index contributed by atoms with van der Waals surface area (Å²) in [6, 6.07) is 5.34. The standard InChI is InChI=1S/C15H15ClFN3.C2H6/c1-8-3-4-9(12(17)7-8)10-5-6-11-13(10)19-15(16)20-14(11)18-2;1-2/h3-4,7,10H,5-6H2,1-2H3,(H,18,19,20);1-2H3. The highest BCUT2D eigenvalue weighted by molar-refractivity contribution is 6.28. The Morgan fingerprint density at radius 2 is 2.00 bits per heavy atom. The van der Waals surface area contributed by atoms with Crippen LogP contribution in [0.3, 0.4) is 0 Å². The molecule has 0 saturated carbocycles. The smallest absolute Gasteiger partial charge is 0.224 e. The molecule has 1 unspecified atom stereocenters. The first-order valence-corrected chi connectivity index (χ1v) is 7.98. The fourth-order valence-electron chi connectivity index (χ4n) is 2.86. The van der Waals surface area contributed by atoms with Crippen LogP contribution in [0.5, 0.6) is 0 Å². The molecule has 1 N–H and O–H groups in total. The molecule has 1 heterocycles. The molecule has 1 atom stereocenters. The molecule has 0 amide bonds. The summed E-state index contributed by atoms with van der Waals surface area (Å²) in [6.45, 7) is 5.88. The first-order valence-electron chi connectivity index (χ1n) is 7.60. The molecule has 1 aliphatic carbocycles. The van der Waals surface area contributed by atoms with Gasteiger partial charge in [-0.3, -0.25) is 0 Å². The Morgan fingerprint density at radius 3 is 2.64 bits per heavy atom. The van der Waals surface area contributed by atoms with Crippen molar-refractivity contribution in [1.29, 1.82) is 0 Å². The molecule has 0 saturated heterocycles. The van der Waals surface area contributed by atoms with Crippen molar-refractivity contribution in [3.63, 3.8) is 0 Å². The summed E-state index contributed by atoms with van der Waals surface area (Å²) in [4.78, 5) is 8.51. The summed E-state index contributed by atoms with van der Waals surface area (Å²) < 4.78 is 14.2. The normalized spacial score (nSPS) is 15.8. The van der Waals surface area contributed by atoms with E-state index in [1.165, 1.54) is 0 Å². The van der Waals surface area contributed by atoms with Crippen LogP contribution in [0.2, 0.25) is 5.28 Å². The van der Waals surface area contributed by atoms with Gasteiger partial charge in [-0.05, 0) is 48.6 Å². The lowest BCUT2D eigenvalue weighted by Crippen LogP contribution is -2.05. The van der Waals surface area contributed by atoms with Gasteiger partial charge in [0, 0.05) is 18.5 Å². The van der Waals surface area contributed by atoms with E-state index in [4.69, 9.17) is 11.6 Å². The summed E-state index contributed by atoms with van der Waals surface area (Å²) in [5.74, 6) is 0.525. The third-order valence-electron chi connectivity index (χ3n) is 3.79. The minimum atomic E-state index is -0.177. The lowest BCUT2D eigenvalue weighted by Gasteiger charge is -2.13. The molecule has 2 aromatic rings. The number of hydrogen-bond donors (Lipinski definition) is 1. The number of anilines is 1. The molecule has 0 aliphatic heterocycles. The molecule has 22 heavy (non-hydrogen) atoms. The fraction of sp³-hybridized carbons (Fsp3) is 0.412. The van der Waals surface area contributed by atoms with E-state index in [-0.39, 0.29) is 17.0 Å². The van der Waals surface area contributed by atoms with Crippen molar-refractivity contribution in [2.24, 2.45) is 0 Å². The second-order valence-corrected chi connectivity index (χ2v) is 5.41. The van der Waals surface area contributed by atoms with Gasteiger partial charge in [0.15, 0.2) is 0 Å². The molecule has 0 fully saturated rings. The molecule has 1 aromatic carbocycles. The van der Waals surface area contributed by atoms with Gasteiger partial charge in [0.2, 0.25) is 5.28 Å². The summed E-state index contributed by atoms with van der Waals surface area (Å²) in [5, 5.41) is 3.24. The van der Waals surface area contributed by atoms with Crippen LogP contribution in [-0.2, 0) is 6.42 Å². The van der Waals surface area contributed by atoms with Gasteiger partial charge in [-0.2, -0.15) is 0 Å². The zero-order valence-electron chi connectivity index (χ0n) is 13.4. The number of fused-ring (bicyclic) bond motifs is 1. The van der Waals surface area contributed by atoms with E-state index in [0.717, 1.165) is 35.5 Å². The number of aromatic nitrogens is 2. The van der Waals surface area contributed by atoms with Crippen LogP contribution >= 0.6 is 11.6 Å². The number of hydrogen-bond acceptors (Lipinski definition) is 3. The number of rotatable bonds is 2. The van der Waals surface area contributed by atoms with Gasteiger partial charge in [-0.1, -0.05) is 26.0 Å². The van der Waals surface area contributed by atoms with E-state index in [1.807, 2.05) is 32.9 Å². The Kier molecular flexibility index (Phi) is 5.35. The topological polar surface area (TPSA) is 37.8 Å². The molecular formula is C17H21ClFN3. The van der Waals surface area contributed by atoms with Crippen LogP contribution in [-0.4, -0.2) is 17.0 Å². The summed E-state index contributed by atoms with van der Waals surface area (Å²) in [5.41, 5.74) is 3.49. The van der Waals surface area contributed by atoms with Gasteiger partial charge in [0.25, 0.3) is 0 Å². The van der Waals surface area contributed by atoms with Gasteiger partial charge < -0.3 is 5.32 Å². The number of benzene rings is 1. The van der Waals surface area contributed by atoms with Gasteiger partial charge in [0.1, 0.15) is 11.6 Å². The minimum absolute atomic E-state index is 0.0433. The average molecular weight is 322 g/mol. The third kappa shape index (κ3) is 3.07. The molecule has 0 bridgehead atoms. The fourth-order valence-corrected chi connectivity index (χ4v) is 3.03. The highest BCUT2D eigenvalue weighted by Gasteiger charge is 2.30. The van der Waals surface area contributed by atoms with E-state index in [1.54, 1.807) is 13.1 Å². The van der Waals surface area contributed by atoms with Gasteiger partial charge in [0.05, 0.1) is 5.69 Å². The Balaban J connectivity index is 0.000000847. The molecule has 3 rings (SSSR count). The Hall–Kier alpha value is -1.68. The van der Waals surface area contributed by atoms with Crippen LogP contribution in [0, 0.1) is 12.7 Å². The van der Waals surface area contributed by atoms with Crippen LogP contribution in [0.15, 0.2) is 18.2 Å². The van der Waals surface area contributed by atoms with Crippen molar-refractivity contribution in [3.8, 4) is 0 Å². The predicted octanol–water partition coefficient (Wildman–Crippen LogP) is 4.72. The average Bonchev–Trinajstić information content (AvgIpc) is 2.92. The van der Waals surface area contributed by atoms with E-state index >= 15 is 0 Å². The minimum Gasteiger partial charge on any atom is -0.373 e. The second kappa shape index (κ2) is 7.05. The van der Waals surface area contributed by atoms with Gasteiger partial charge in [-0.15, -0.1) is 0 Å². The quantitative estimate of drug-likeness (QED) is 0.813. The van der Waals surface area contributed by atoms with Crippen molar-refractivity contribution in [2.45, 2.75) is 39.5 Å². The Morgan fingerprint density at radius 1 is 1.27 bits per heavy atom. The lowest BCUT2D eigenvalue weighted by molar-refractivity contribution is 0.591. The van der Waals surface area contributed by atoms with Gasteiger partial charge >= 0.3 is 0 Å². The van der Waals surface area contributed by atoms with Crippen molar-refractivity contribution in [1.82, 2.24) is 9.97 Å². The van der Waals surface area contributed by atoms with Crippen molar-refractivity contribution in [2.75, 3.05) is 12.4 Å². The maximum absolute atomic E-state index is 14.2. The van der Waals surface area contributed by atoms with E-state index in [2.05, 4.69) is 15.3 Å². The SMILES string of the molecule is CC.CNc1nc(Cl)nc2c1CCC2c1ccc(C)cc1F. The number of nitrogens with one attached hydrogen (secondary N) is 1. The molecule has 1 aliphatic rings. The number of halogens is 2. The largest absolute Gasteiger partial charge is 0.373 e. The maximum atomic E-state index is 14.2. The van der Waals surface area contributed by atoms with E-state index in [9.17, 15) is 4.39 Å². The van der Waals surface area contributed by atoms with Crippen LogP contribution in [0.4, 0.5) is 10.2 Å².